The molecule has 0 saturated heterocycles. The Bertz CT molecular complexity index is 1140. The zero-order valence-corrected chi connectivity index (χ0v) is 20.7. The third-order valence-corrected chi connectivity index (χ3v) is 6.43. The lowest BCUT2D eigenvalue weighted by atomic mass is 9.77. The first kappa shape index (κ1) is 24.5. The number of phenolic OH excluding ortho intramolecular Hbond substituents is 1. The molecule has 2 aromatic carbocycles. The molecule has 1 atom stereocenters. The van der Waals surface area contributed by atoms with Crippen LogP contribution < -0.4 is 4.74 Å². The molecule has 33 heavy (non-hydrogen) atoms. The molecule has 174 valence electrons. The molecule has 0 fully saturated rings. The number of phenols is 1. The van der Waals surface area contributed by atoms with Gasteiger partial charge >= 0.3 is 5.97 Å². The van der Waals surface area contributed by atoms with Crippen molar-refractivity contribution in [2.75, 3.05) is 0 Å². The van der Waals surface area contributed by atoms with Crippen molar-refractivity contribution in [3.05, 3.63) is 82.5 Å². The molecule has 0 spiro atoms. The largest absolute Gasteiger partial charge is 0.508 e. The van der Waals surface area contributed by atoms with E-state index in [9.17, 15) is 14.7 Å². The molecule has 0 aromatic heterocycles. The van der Waals surface area contributed by atoms with Crippen molar-refractivity contribution in [3.63, 3.8) is 0 Å². The number of Topliss-reactive ketones (excluding diaryl/α,β-unsaturated/α-hetero) is 1. The lowest BCUT2D eigenvalue weighted by Crippen LogP contribution is -2.28. The molecule has 0 saturated carbocycles. The zero-order chi connectivity index (χ0) is 24.6. The summed E-state index contributed by atoms with van der Waals surface area (Å²) >= 11 is 0. The van der Waals surface area contributed by atoms with Crippen molar-refractivity contribution < 1.29 is 19.4 Å². The zero-order valence-electron chi connectivity index (χ0n) is 20.7. The third kappa shape index (κ3) is 5.27. The number of ketones is 1. The van der Waals surface area contributed by atoms with Gasteiger partial charge in [-0.3, -0.25) is 4.79 Å². The van der Waals surface area contributed by atoms with Crippen LogP contribution in [0.3, 0.4) is 0 Å². The van der Waals surface area contributed by atoms with Crippen LogP contribution in [0, 0.1) is 25.2 Å². The third-order valence-electron chi connectivity index (χ3n) is 6.43. The van der Waals surface area contributed by atoms with Crippen LogP contribution in [0.15, 0.2) is 60.2 Å². The van der Waals surface area contributed by atoms with Crippen molar-refractivity contribution in [2.24, 2.45) is 11.3 Å². The Kier molecular flexibility index (Phi) is 6.69. The van der Waals surface area contributed by atoms with E-state index in [-0.39, 0.29) is 22.9 Å². The first-order chi connectivity index (χ1) is 15.3. The van der Waals surface area contributed by atoms with E-state index in [2.05, 4.69) is 13.8 Å². The van der Waals surface area contributed by atoms with Crippen LogP contribution in [0.25, 0.3) is 0 Å². The van der Waals surface area contributed by atoms with Crippen LogP contribution in [0.5, 0.6) is 11.5 Å². The topological polar surface area (TPSA) is 63.6 Å². The Hall–Kier alpha value is -3.14. The quantitative estimate of drug-likeness (QED) is 0.429. The maximum atomic E-state index is 12.7. The highest BCUT2D eigenvalue weighted by Gasteiger charge is 2.29. The summed E-state index contributed by atoms with van der Waals surface area (Å²) in [5.74, 6) is 0.350. The van der Waals surface area contributed by atoms with E-state index in [0.29, 0.717) is 17.7 Å². The van der Waals surface area contributed by atoms with Crippen molar-refractivity contribution >= 4 is 11.8 Å². The molecule has 1 aliphatic carbocycles. The highest BCUT2D eigenvalue weighted by molar-refractivity contribution is 5.95. The number of allylic oxidation sites excluding steroid dienone is 2. The normalized spacial score (nSPS) is 16.3. The first-order valence-electron chi connectivity index (χ1n) is 11.4. The molecule has 3 rings (SSSR count). The van der Waals surface area contributed by atoms with Gasteiger partial charge in [0.25, 0.3) is 0 Å². The van der Waals surface area contributed by atoms with E-state index >= 15 is 0 Å². The predicted molar refractivity (Wildman–Crippen MR) is 132 cm³/mol. The number of carbonyl (C=O) groups is 2. The minimum atomic E-state index is -0.419. The number of esters is 1. The SMILES string of the molecule is Cc1cc(C(C)(C)c2ccc(OC(=O)C3=CCC(C(=O)C(C)(C)C)C=C3)c(C)c2)ccc1O. The number of hydrogen-bond acceptors (Lipinski definition) is 4. The Labute approximate surface area is 197 Å². The second-order valence-corrected chi connectivity index (χ2v) is 10.5. The van der Waals surface area contributed by atoms with Crippen LogP contribution >= 0.6 is 0 Å². The minimum Gasteiger partial charge on any atom is -0.508 e. The molecule has 0 amide bonds. The van der Waals surface area contributed by atoms with E-state index in [1.165, 1.54) is 0 Å². The van der Waals surface area contributed by atoms with Gasteiger partial charge in [0.1, 0.15) is 17.3 Å². The minimum absolute atomic E-state index is 0.167. The Morgan fingerprint density at radius 2 is 1.55 bits per heavy atom. The molecule has 0 aliphatic heterocycles. The summed E-state index contributed by atoms with van der Waals surface area (Å²) < 4.78 is 5.68. The summed E-state index contributed by atoms with van der Waals surface area (Å²) in [4.78, 5) is 25.2. The van der Waals surface area contributed by atoms with E-state index in [1.54, 1.807) is 18.2 Å². The summed E-state index contributed by atoms with van der Waals surface area (Å²) in [5.41, 5.74) is 3.66. The van der Waals surface area contributed by atoms with Gasteiger partial charge in [-0.2, -0.15) is 0 Å². The van der Waals surface area contributed by atoms with Gasteiger partial charge in [0, 0.05) is 16.7 Å². The lowest BCUT2D eigenvalue weighted by Gasteiger charge is -2.27. The number of benzene rings is 2. The van der Waals surface area contributed by atoms with Gasteiger partial charge in [-0.1, -0.05) is 77.1 Å². The highest BCUT2D eigenvalue weighted by atomic mass is 16.5. The molecule has 1 N–H and O–H groups in total. The van der Waals surface area contributed by atoms with Gasteiger partial charge in [0.05, 0.1) is 5.57 Å². The average molecular weight is 447 g/mol. The number of rotatable bonds is 5. The smallest absolute Gasteiger partial charge is 0.343 e. The number of carbonyl (C=O) groups excluding carboxylic acids is 2. The van der Waals surface area contributed by atoms with Crippen LogP contribution in [-0.4, -0.2) is 16.9 Å². The van der Waals surface area contributed by atoms with E-state index in [1.807, 2.05) is 71.0 Å². The van der Waals surface area contributed by atoms with Crippen molar-refractivity contribution in [1.82, 2.24) is 0 Å². The highest BCUT2D eigenvalue weighted by Crippen LogP contribution is 2.36. The maximum Gasteiger partial charge on any atom is 0.343 e. The molecule has 4 heteroatoms. The van der Waals surface area contributed by atoms with Crippen LogP contribution in [0.4, 0.5) is 0 Å². The second kappa shape index (κ2) is 9.01. The Balaban J connectivity index is 1.74. The monoisotopic (exact) mass is 446 g/mol. The molecule has 0 bridgehead atoms. The maximum absolute atomic E-state index is 12.7. The van der Waals surface area contributed by atoms with Crippen molar-refractivity contribution in [3.8, 4) is 11.5 Å². The fourth-order valence-corrected chi connectivity index (χ4v) is 4.04. The van der Waals surface area contributed by atoms with Gasteiger partial charge in [0.15, 0.2) is 0 Å². The molecular weight excluding hydrogens is 412 g/mol. The fraction of sp³-hybridized carbons (Fsp3) is 0.379. The fourth-order valence-electron chi connectivity index (χ4n) is 4.04. The number of aryl methyl sites for hydroxylation is 2. The summed E-state index contributed by atoms with van der Waals surface area (Å²) in [6.07, 6.45) is 5.80. The number of hydrogen-bond donors (Lipinski definition) is 1. The summed E-state index contributed by atoms with van der Waals surface area (Å²) in [6, 6.07) is 11.5. The van der Waals surface area contributed by atoms with Crippen molar-refractivity contribution in [1.29, 1.82) is 0 Å². The molecule has 1 aliphatic rings. The Morgan fingerprint density at radius 1 is 0.939 bits per heavy atom. The van der Waals surface area contributed by atoms with Gasteiger partial charge in [-0.15, -0.1) is 0 Å². The second-order valence-electron chi connectivity index (χ2n) is 10.5. The predicted octanol–water partition coefficient (Wildman–Crippen LogP) is 6.36. The van der Waals surface area contributed by atoms with Gasteiger partial charge in [-0.05, 0) is 54.7 Å². The summed E-state index contributed by atoms with van der Waals surface area (Å²) in [6.45, 7) is 13.8. The number of aromatic hydroxyl groups is 1. The van der Waals surface area contributed by atoms with Gasteiger partial charge in [-0.25, -0.2) is 4.79 Å². The molecule has 1 unspecified atom stereocenters. The molecule has 4 nitrogen and oxygen atoms in total. The lowest BCUT2D eigenvalue weighted by molar-refractivity contribution is -0.130. The van der Waals surface area contributed by atoms with Gasteiger partial charge < -0.3 is 9.84 Å². The molecule has 0 radical (unpaired) electrons. The van der Waals surface area contributed by atoms with Gasteiger partial charge in [0.2, 0.25) is 0 Å². The summed E-state index contributed by atoms with van der Waals surface area (Å²) in [5, 5.41) is 9.85. The van der Waals surface area contributed by atoms with Crippen molar-refractivity contribution in [2.45, 2.75) is 60.3 Å². The van der Waals surface area contributed by atoms with E-state index < -0.39 is 11.4 Å². The molecule has 0 heterocycles. The van der Waals surface area contributed by atoms with Crippen LogP contribution in [0.1, 0.15) is 63.3 Å². The number of ether oxygens (including phenoxy) is 1. The summed E-state index contributed by atoms with van der Waals surface area (Å²) in [7, 11) is 0. The average Bonchev–Trinajstić information content (AvgIpc) is 2.75. The first-order valence-corrected chi connectivity index (χ1v) is 11.4. The van der Waals surface area contributed by atoms with E-state index in [4.69, 9.17) is 4.74 Å². The van der Waals surface area contributed by atoms with Crippen LogP contribution in [-0.2, 0) is 15.0 Å². The van der Waals surface area contributed by atoms with E-state index in [0.717, 1.165) is 22.3 Å². The molecule has 2 aromatic rings. The van der Waals surface area contributed by atoms with Crippen LogP contribution in [0.2, 0.25) is 0 Å². The Morgan fingerprint density at radius 3 is 2.06 bits per heavy atom. The standard InChI is InChI=1S/C29H34O4/c1-18-16-22(12-14-24(18)30)29(6,7)23-13-15-25(19(2)17-23)33-27(32)21-10-8-20(9-11-21)26(31)28(3,4)5/h8,10-17,20,30H,9H2,1-7H3. The molecular formula is C29H34O4.